The Morgan fingerprint density at radius 3 is 2.52 bits per heavy atom. The SMILES string of the molecule is CNC(C)Cc1noc(-c2cc(OC)c(OC)cc2C)n1. The molecular weight excluding hydrogens is 270 g/mol. The molecule has 6 nitrogen and oxygen atoms in total. The second kappa shape index (κ2) is 6.58. The molecule has 0 spiro atoms. The largest absolute Gasteiger partial charge is 0.493 e. The Morgan fingerprint density at radius 1 is 1.24 bits per heavy atom. The first-order valence-electron chi connectivity index (χ1n) is 6.81. The molecule has 2 rings (SSSR count). The van der Waals surface area contributed by atoms with E-state index in [1.54, 1.807) is 14.2 Å². The predicted octanol–water partition coefficient (Wildman–Crippen LogP) is 2.21. The third kappa shape index (κ3) is 3.33. The van der Waals surface area contributed by atoms with Gasteiger partial charge in [0.2, 0.25) is 0 Å². The summed E-state index contributed by atoms with van der Waals surface area (Å²) in [7, 11) is 5.12. The summed E-state index contributed by atoms with van der Waals surface area (Å²) >= 11 is 0. The Labute approximate surface area is 124 Å². The summed E-state index contributed by atoms with van der Waals surface area (Å²) in [5.74, 6) is 2.50. The Morgan fingerprint density at radius 2 is 1.90 bits per heavy atom. The van der Waals surface area contributed by atoms with Crippen LogP contribution in [-0.2, 0) is 6.42 Å². The van der Waals surface area contributed by atoms with E-state index in [9.17, 15) is 0 Å². The lowest BCUT2D eigenvalue weighted by Gasteiger charge is -2.10. The Balaban J connectivity index is 2.33. The number of hydrogen-bond donors (Lipinski definition) is 1. The van der Waals surface area contributed by atoms with Crippen LogP contribution in [0.4, 0.5) is 0 Å². The number of aryl methyl sites for hydroxylation is 1. The monoisotopic (exact) mass is 291 g/mol. The van der Waals surface area contributed by atoms with Crippen LogP contribution in [0.1, 0.15) is 18.3 Å². The van der Waals surface area contributed by atoms with Gasteiger partial charge in [-0.25, -0.2) is 0 Å². The molecule has 0 saturated carbocycles. The summed E-state index contributed by atoms with van der Waals surface area (Å²) in [5, 5.41) is 7.17. The third-order valence-electron chi connectivity index (χ3n) is 3.41. The second-order valence-electron chi connectivity index (χ2n) is 4.93. The van der Waals surface area contributed by atoms with Gasteiger partial charge >= 0.3 is 0 Å². The van der Waals surface area contributed by atoms with Gasteiger partial charge in [-0.05, 0) is 38.6 Å². The lowest BCUT2D eigenvalue weighted by atomic mass is 10.1. The second-order valence-corrected chi connectivity index (χ2v) is 4.93. The minimum Gasteiger partial charge on any atom is -0.493 e. The molecule has 6 heteroatoms. The van der Waals surface area contributed by atoms with E-state index in [0.717, 1.165) is 11.1 Å². The molecule has 0 fully saturated rings. The van der Waals surface area contributed by atoms with Gasteiger partial charge in [0.1, 0.15) is 0 Å². The number of hydrogen-bond acceptors (Lipinski definition) is 6. The maximum absolute atomic E-state index is 5.36. The maximum atomic E-state index is 5.36. The van der Waals surface area contributed by atoms with Crippen molar-refractivity contribution in [1.82, 2.24) is 15.5 Å². The van der Waals surface area contributed by atoms with Gasteiger partial charge in [-0.1, -0.05) is 5.16 Å². The normalized spacial score (nSPS) is 12.2. The number of aromatic nitrogens is 2. The number of ether oxygens (including phenoxy) is 2. The third-order valence-corrected chi connectivity index (χ3v) is 3.41. The minimum atomic E-state index is 0.293. The van der Waals surface area contributed by atoms with Gasteiger partial charge in [-0.3, -0.25) is 0 Å². The Kier molecular flexibility index (Phi) is 4.80. The van der Waals surface area contributed by atoms with Crippen LogP contribution in [0, 0.1) is 6.92 Å². The zero-order valence-electron chi connectivity index (χ0n) is 13.1. The molecular formula is C15H21N3O3. The molecule has 1 heterocycles. The molecule has 1 N–H and O–H groups in total. The van der Waals surface area contributed by atoms with Crippen molar-refractivity contribution in [3.63, 3.8) is 0 Å². The van der Waals surface area contributed by atoms with E-state index in [2.05, 4.69) is 22.4 Å². The fourth-order valence-electron chi connectivity index (χ4n) is 2.03. The fourth-order valence-corrected chi connectivity index (χ4v) is 2.03. The standard InChI is InChI=1S/C15H21N3O3/c1-9-6-12(19-4)13(20-5)8-11(9)15-17-14(18-21-15)7-10(2)16-3/h6,8,10,16H,7H2,1-5H3. The highest BCUT2D eigenvalue weighted by Gasteiger charge is 2.16. The van der Waals surface area contributed by atoms with Crippen molar-refractivity contribution in [3.8, 4) is 23.0 Å². The number of benzene rings is 1. The molecule has 21 heavy (non-hydrogen) atoms. The predicted molar refractivity (Wildman–Crippen MR) is 79.8 cm³/mol. The van der Waals surface area contributed by atoms with Crippen molar-refractivity contribution in [2.75, 3.05) is 21.3 Å². The minimum absolute atomic E-state index is 0.293. The first-order valence-corrected chi connectivity index (χ1v) is 6.81. The van der Waals surface area contributed by atoms with Crippen LogP contribution < -0.4 is 14.8 Å². The van der Waals surface area contributed by atoms with Gasteiger partial charge in [0.15, 0.2) is 17.3 Å². The number of nitrogens with one attached hydrogen (secondary N) is 1. The molecule has 1 aromatic carbocycles. The van der Waals surface area contributed by atoms with Gasteiger partial charge in [0.05, 0.1) is 14.2 Å². The van der Waals surface area contributed by atoms with Crippen LogP contribution in [0.15, 0.2) is 16.7 Å². The Bertz CT molecular complexity index is 610. The molecule has 0 aliphatic carbocycles. The zero-order valence-corrected chi connectivity index (χ0v) is 13.1. The molecule has 0 amide bonds. The molecule has 0 aliphatic heterocycles. The van der Waals surface area contributed by atoms with Gasteiger partial charge in [0.25, 0.3) is 5.89 Å². The molecule has 0 bridgehead atoms. The molecule has 0 radical (unpaired) electrons. The summed E-state index contributed by atoms with van der Waals surface area (Å²) in [6, 6.07) is 4.04. The van der Waals surface area contributed by atoms with E-state index in [0.29, 0.717) is 35.7 Å². The van der Waals surface area contributed by atoms with Crippen molar-refractivity contribution in [1.29, 1.82) is 0 Å². The average Bonchev–Trinajstić information content (AvgIpc) is 2.94. The van der Waals surface area contributed by atoms with Crippen molar-refractivity contribution in [2.24, 2.45) is 0 Å². The first kappa shape index (κ1) is 15.3. The van der Waals surface area contributed by atoms with Gasteiger partial charge in [-0.15, -0.1) is 0 Å². The van der Waals surface area contributed by atoms with Crippen molar-refractivity contribution in [2.45, 2.75) is 26.3 Å². The summed E-state index contributed by atoms with van der Waals surface area (Å²) in [6.07, 6.45) is 0.715. The lowest BCUT2D eigenvalue weighted by Crippen LogP contribution is -2.24. The highest BCUT2D eigenvalue weighted by molar-refractivity contribution is 5.64. The van der Waals surface area contributed by atoms with E-state index in [1.165, 1.54) is 0 Å². The van der Waals surface area contributed by atoms with E-state index >= 15 is 0 Å². The molecule has 114 valence electrons. The van der Waals surface area contributed by atoms with Gasteiger partial charge in [0, 0.05) is 18.0 Å². The van der Waals surface area contributed by atoms with Gasteiger partial charge in [-0.2, -0.15) is 4.98 Å². The highest BCUT2D eigenvalue weighted by Crippen LogP contribution is 2.34. The van der Waals surface area contributed by atoms with Crippen LogP contribution in [0.3, 0.4) is 0 Å². The lowest BCUT2D eigenvalue weighted by molar-refractivity contribution is 0.354. The van der Waals surface area contributed by atoms with Gasteiger partial charge < -0.3 is 19.3 Å². The summed E-state index contributed by atoms with van der Waals surface area (Å²) in [6.45, 7) is 4.04. The van der Waals surface area contributed by atoms with E-state index in [-0.39, 0.29) is 0 Å². The van der Waals surface area contributed by atoms with Crippen LogP contribution in [0.5, 0.6) is 11.5 Å². The molecule has 2 aromatic rings. The molecule has 0 aliphatic rings. The molecule has 1 unspecified atom stereocenters. The number of rotatable bonds is 6. The fraction of sp³-hybridized carbons (Fsp3) is 0.467. The van der Waals surface area contributed by atoms with E-state index in [4.69, 9.17) is 14.0 Å². The number of nitrogens with zero attached hydrogens (tertiary/aromatic N) is 2. The average molecular weight is 291 g/mol. The van der Waals surface area contributed by atoms with Crippen molar-refractivity contribution < 1.29 is 14.0 Å². The van der Waals surface area contributed by atoms with E-state index in [1.807, 2.05) is 26.1 Å². The van der Waals surface area contributed by atoms with E-state index < -0.39 is 0 Å². The van der Waals surface area contributed by atoms with Crippen LogP contribution in [0.2, 0.25) is 0 Å². The Hall–Kier alpha value is -2.08. The quantitative estimate of drug-likeness (QED) is 0.880. The molecule has 1 atom stereocenters. The summed E-state index contributed by atoms with van der Waals surface area (Å²) in [4.78, 5) is 4.45. The summed E-state index contributed by atoms with van der Waals surface area (Å²) < 4.78 is 16.0. The van der Waals surface area contributed by atoms with Crippen molar-refractivity contribution >= 4 is 0 Å². The maximum Gasteiger partial charge on any atom is 0.258 e. The smallest absolute Gasteiger partial charge is 0.258 e. The molecule has 1 aromatic heterocycles. The topological polar surface area (TPSA) is 69.4 Å². The number of likely N-dealkylation sites (N-methyl/N-ethyl adjacent to an activating group) is 1. The zero-order chi connectivity index (χ0) is 15.4. The number of methoxy groups -OCH3 is 2. The molecule has 0 saturated heterocycles. The van der Waals surface area contributed by atoms with Crippen LogP contribution >= 0.6 is 0 Å². The van der Waals surface area contributed by atoms with Crippen LogP contribution in [0.25, 0.3) is 11.5 Å². The van der Waals surface area contributed by atoms with Crippen LogP contribution in [-0.4, -0.2) is 37.4 Å². The highest BCUT2D eigenvalue weighted by atomic mass is 16.5. The summed E-state index contributed by atoms with van der Waals surface area (Å²) in [5.41, 5.74) is 1.84. The first-order chi connectivity index (χ1) is 10.1. The van der Waals surface area contributed by atoms with Crippen molar-refractivity contribution in [3.05, 3.63) is 23.5 Å².